The molecule has 0 fully saturated rings. The molecule has 0 rings (SSSR count). The third kappa shape index (κ3) is 13.5. The number of aliphatic carboxylic acids is 1. The van der Waals surface area contributed by atoms with Crippen LogP contribution < -0.4 is 0 Å². The average molecular weight is 279 g/mol. The van der Waals surface area contributed by atoms with E-state index >= 15 is 0 Å². The lowest BCUT2D eigenvalue weighted by molar-refractivity contribution is -0.137. The van der Waals surface area contributed by atoms with Gasteiger partial charge in [0.2, 0.25) is 0 Å². The largest absolute Gasteiger partial charge is 0.481 e. The molecule has 1 atom stereocenters. The van der Waals surface area contributed by atoms with Crippen LogP contribution in [0.4, 0.5) is 0 Å². The van der Waals surface area contributed by atoms with E-state index in [2.05, 4.69) is 0 Å². The van der Waals surface area contributed by atoms with Crippen molar-refractivity contribution in [2.24, 2.45) is 0 Å². The van der Waals surface area contributed by atoms with Gasteiger partial charge in [0.1, 0.15) is 0 Å². The Kier molecular flexibility index (Phi) is 11.8. The molecule has 2 N–H and O–H groups in total. The summed E-state index contributed by atoms with van der Waals surface area (Å²) < 4.78 is 15.7. The standard InChI is InChI=1S/C12H25NO6/c1-11(13(2)16)10-19-9-8-18-7-6-17-5-3-4-12(14)15/h11,16H,3-10H2,1-2H3,(H,14,15). The van der Waals surface area contributed by atoms with Crippen molar-refractivity contribution in [3.8, 4) is 0 Å². The molecule has 0 aliphatic heterocycles. The average Bonchev–Trinajstić information content (AvgIpc) is 2.35. The van der Waals surface area contributed by atoms with Gasteiger partial charge < -0.3 is 24.5 Å². The maximum atomic E-state index is 10.2. The molecule has 7 heteroatoms. The minimum absolute atomic E-state index is 0.0439. The van der Waals surface area contributed by atoms with Crippen molar-refractivity contribution >= 4 is 5.97 Å². The molecule has 1 unspecified atom stereocenters. The molecule has 114 valence electrons. The van der Waals surface area contributed by atoms with E-state index in [-0.39, 0.29) is 12.5 Å². The molecular weight excluding hydrogens is 254 g/mol. The molecule has 0 aliphatic carbocycles. The van der Waals surface area contributed by atoms with Gasteiger partial charge in [0.05, 0.1) is 39.1 Å². The van der Waals surface area contributed by atoms with Crippen molar-refractivity contribution in [1.82, 2.24) is 5.06 Å². The van der Waals surface area contributed by atoms with Crippen LogP contribution >= 0.6 is 0 Å². The summed E-state index contributed by atoms with van der Waals surface area (Å²) >= 11 is 0. The fourth-order valence-electron chi connectivity index (χ4n) is 1.13. The Bertz CT molecular complexity index is 224. The number of carbonyl (C=O) groups is 1. The number of rotatable bonds is 13. The molecule has 0 aliphatic rings. The Hall–Kier alpha value is -0.730. The van der Waals surface area contributed by atoms with Gasteiger partial charge in [-0.05, 0) is 13.3 Å². The zero-order valence-electron chi connectivity index (χ0n) is 11.7. The number of likely N-dealkylation sites (N-methyl/N-ethyl adjacent to an activating group) is 1. The number of ether oxygens (including phenoxy) is 3. The number of hydroxylamine groups is 2. The van der Waals surface area contributed by atoms with Gasteiger partial charge in [-0.1, -0.05) is 0 Å². The topological polar surface area (TPSA) is 88.5 Å². The molecule has 0 spiro atoms. The zero-order chi connectivity index (χ0) is 14.5. The van der Waals surface area contributed by atoms with Gasteiger partial charge in [0, 0.05) is 20.1 Å². The molecule has 0 radical (unpaired) electrons. The van der Waals surface area contributed by atoms with Crippen LogP contribution in [0.3, 0.4) is 0 Å². The van der Waals surface area contributed by atoms with Crippen molar-refractivity contribution in [2.45, 2.75) is 25.8 Å². The molecule has 0 aromatic rings. The van der Waals surface area contributed by atoms with Gasteiger partial charge in [-0.3, -0.25) is 4.79 Å². The summed E-state index contributed by atoms with van der Waals surface area (Å²) in [6.45, 7) is 4.60. The molecule has 0 saturated heterocycles. The first-order valence-electron chi connectivity index (χ1n) is 6.40. The van der Waals surface area contributed by atoms with Crippen LogP contribution in [-0.4, -0.2) is 74.1 Å². The summed E-state index contributed by atoms with van der Waals surface area (Å²) in [5, 5.41) is 18.6. The molecule has 0 bridgehead atoms. The third-order valence-corrected chi connectivity index (χ3v) is 2.42. The Morgan fingerprint density at radius 3 is 2.16 bits per heavy atom. The number of nitrogens with zero attached hydrogens (tertiary/aromatic N) is 1. The summed E-state index contributed by atoms with van der Waals surface area (Å²) in [6, 6.07) is -0.0439. The first-order chi connectivity index (χ1) is 9.04. The van der Waals surface area contributed by atoms with Crippen molar-refractivity contribution in [3.63, 3.8) is 0 Å². The Morgan fingerprint density at radius 2 is 1.63 bits per heavy atom. The minimum atomic E-state index is -0.806. The van der Waals surface area contributed by atoms with Gasteiger partial charge in [-0.25, -0.2) is 0 Å². The van der Waals surface area contributed by atoms with Crippen LogP contribution in [0.5, 0.6) is 0 Å². The Balaban J connectivity index is 3.09. The summed E-state index contributed by atoms with van der Waals surface area (Å²) in [4.78, 5) is 10.2. The monoisotopic (exact) mass is 279 g/mol. The van der Waals surface area contributed by atoms with Crippen LogP contribution in [0.15, 0.2) is 0 Å². The van der Waals surface area contributed by atoms with E-state index in [1.807, 2.05) is 6.92 Å². The van der Waals surface area contributed by atoms with E-state index in [1.54, 1.807) is 7.05 Å². The second-order valence-electron chi connectivity index (χ2n) is 4.22. The zero-order valence-corrected chi connectivity index (χ0v) is 11.7. The lowest BCUT2D eigenvalue weighted by Gasteiger charge is -2.17. The summed E-state index contributed by atoms with van der Waals surface area (Å²) in [5.74, 6) is -0.806. The van der Waals surface area contributed by atoms with Crippen molar-refractivity contribution < 1.29 is 29.3 Å². The van der Waals surface area contributed by atoms with Crippen LogP contribution in [0.25, 0.3) is 0 Å². The molecule has 0 aromatic carbocycles. The molecule has 7 nitrogen and oxygen atoms in total. The molecule has 0 aromatic heterocycles. The fraction of sp³-hybridized carbons (Fsp3) is 0.917. The van der Waals surface area contributed by atoms with Crippen LogP contribution in [0.2, 0.25) is 0 Å². The second-order valence-corrected chi connectivity index (χ2v) is 4.22. The quantitative estimate of drug-likeness (QED) is 0.377. The number of hydrogen-bond acceptors (Lipinski definition) is 6. The van der Waals surface area contributed by atoms with E-state index in [1.165, 1.54) is 0 Å². The number of hydrogen-bond donors (Lipinski definition) is 2. The molecule has 0 amide bonds. The van der Waals surface area contributed by atoms with Crippen LogP contribution in [-0.2, 0) is 19.0 Å². The lowest BCUT2D eigenvalue weighted by atomic mass is 10.3. The maximum absolute atomic E-state index is 10.2. The van der Waals surface area contributed by atoms with E-state index in [0.717, 1.165) is 5.06 Å². The fourth-order valence-corrected chi connectivity index (χ4v) is 1.13. The van der Waals surface area contributed by atoms with Crippen LogP contribution in [0, 0.1) is 0 Å². The Labute approximate surface area is 114 Å². The van der Waals surface area contributed by atoms with Gasteiger partial charge >= 0.3 is 5.97 Å². The third-order valence-electron chi connectivity index (χ3n) is 2.42. The first-order valence-corrected chi connectivity index (χ1v) is 6.40. The normalized spacial score (nSPS) is 12.8. The molecule has 0 heterocycles. The summed E-state index contributed by atoms with van der Waals surface area (Å²) in [7, 11) is 1.58. The van der Waals surface area contributed by atoms with Crippen molar-refractivity contribution in [3.05, 3.63) is 0 Å². The van der Waals surface area contributed by atoms with Crippen molar-refractivity contribution in [1.29, 1.82) is 0 Å². The number of carboxylic acids is 1. The summed E-state index contributed by atoms with van der Waals surface area (Å²) in [6.07, 6.45) is 0.650. The molecule has 0 saturated carbocycles. The number of carboxylic acid groups (broad SMARTS) is 1. The second kappa shape index (κ2) is 12.3. The predicted octanol–water partition coefficient (Wildman–Crippen LogP) is 0.611. The van der Waals surface area contributed by atoms with Gasteiger partial charge in [0.15, 0.2) is 0 Å². The highest BCUT2D eigenvalue weighted by molar-refractivity contribution is 5.66. The molecule has 19 heavy (non-hydrogen) atoms. The van der Waals surface area contributed by atoms with E-state index in [0.29, 0.717) is 46.1 Å². The highest BCUT2D eigenvalue weighted by atomic mass is 16.5. The molecular formula is C12H25NO6. The van der Waals surface area contributed by atoms with E-state index in [4.69, 9.17) is 24.5 Å². The Morgan fingerprint density at radius 1 is 1.11 bits per heavy atom. The lowest BCUT2D eigenvalue weighted by Crippen LogP contribution is -2.30. The van der Waals surface area contributed by atoms with Crippen molar-refractivity contribution in [2.75, 3.05) is 46.7 Å². The van der Waals surface area contributed by atoms with E-state index in [9.17, 15) is 4.79 Å². The van der Waals surface area contributed by atoms with E-state index < -0.39 is 5.97 Å². The smallest absolute Gasteiger partial charge is 0.303 e. The first kappa shape index (κ1) is 18.3. The van der Waals surface area contributed by atoms with Gasteiger partial charge in [-0.2, -0.15) is 5.06 Å². The minimum Gasteiger partial charge on any atom is -0.481 e. The highest BCUT2D eigenvalue weighted by Crippen LogP contribution is 1.92. The predicted molar refractivity (Wildman–Crippen MR) is 68.3 cm³/mol. The highest BCUT2D eigenvalue weighted by Gasteiger charge is 2.05. The maximum Gasteiger partial charge on any atom is 0.303 e. The SMILES string of the molecule is CC(COCCOCCOCCCC(=O)O)N(C)O. The summed E-state index contributed by atoms with van der Waals surface area (Å²) in [5.41, 5.74) is 0. The van der Waals surface area contributed by atoms with Gasteiger partial charge in [-0.15, -0.1) is 0 Å². The van der Waals surface area contributed by atoms with Crippen LogP contribution in [0.1, 0.15) is 19.8 Å². The van der Waals surface area contributed by atoms with Gasteiger partial charge in [0.25, 0.3) is 0 Å².